The number of rotatable bonds is 4. The van der Waals surface area contributed by atoms with Crippen molar-refractivity contribution in [2.75, 3.05) is 11.9 Å². The molecular weight excluding hydrogens is 382 g/mol. The number of nitrogens with zero attached hydrogens (tertiary/aromatic N) is 2. The fraction of sp³-hybridized carbons (Fsp3) is 0.130. The molecule has 146 valence electrons. The van der Waals surface area contributed by atoms with E-state index in [1.54, 1.807) is 23.8 Å². The molecular formula is C23H21N3O2S. The summed E-state index contributed by atoms with van der Waals surface area (Å²) in [6.45, 7) is 0.913. The van der Waals surface area contributed by atoms with Crippen LogP contribution in [-0.4, -0.2) is 16.6 Å². The lowest BCUT2D eigenvalue weighted by molar-refractivity contribution is 0.231. The number of fused-ring (bicyclic) bond motifs is 1. The molecule has 0 atom stereocenters. The molecule has 0 saturated heterocycles. The molecule has 6 heteroatoms. The Kier molecular flexibility index (Phi) is 6.34. The minimum atomic E-state index is 0.583. The first-order valence-electron chi connectivity index (χ1n) is 9.45. The number of benzene rings is 2. The van der Waals surface area contributed by atoms with Crippen molar-refractivity contribution in [1.29, 1.82) is 0 Å². The molecule has 1 aliphatic rings. The molecule has 0 fully saturated rings. The molecule has 3 heterocycles. The van der Waals surface area contributed by atoms with Crippen molar-refractivity contribution in [2.24, 2.45) is 0 Å². The highest BCUT2D eigenvalue weighted by atomic mass is 32.1. The summed E-state index contributed by atoms with van der Waals surface area (Å²) in [5.74, 6) is 1.33. The van der Waals surface area contributed by atoms with Gasteiger partial charge in [0.05, 0.1) is 23.1 Å². The number of anilines is 2. The van der Waals surface area contributed by atoms with Crippen LogP contribution in [0.5, 0.6) is 11.6 Å². The largest absolute Gasteiger partial charge is 0.502 e. The second kappa shape index (κ2) is 9.71. The van der Waals surface area contributed by atoms with Gasteiger partial charge in [0.2, 0.25) is 5.88 Å². The van der Waals surface area contributed by atoms with Gasteiger partial charge in [-0.25, -0.2) is 9.97 Å². The van der Waals surface area contributed by atoms with E-state index in [0.717, 1.165) is 28.7 Å². The van der Waals surface area contributed by atoms with Gasteiger partial charge in [-0.05, 0) is 61.4 Å². The van der Waals surface area contributed by atoms with Crippen LogP contribution in [0.15, 0.2) is 85.3 Å². The fourth-order valence-electron chi connectivity index (χ4n) is 2.67. The first-order valence-corrected chi connectivity index (χ1v) is 10.3. The summed E-state index contributed by atoms with van der Waals surface area (Å²) in [5, 5.41) is 4.20. The van der Waals surface area contributed by atoms with Gasteiger partial charge < -0.3 is 14.8 Å². The molecule has 1 N–H and O–H groups in total. The standard InChI is InChI=1S/C18H13N3OS.C5H8O/c1-2-6-16-15(5-1)21-18(23-16)20-13-8-10-14(11-9-13)22-17-7-3-4-12-19-17;1-2-4-6-5-3-1/h1-12H,(H,20,21);2,4H,1,3,5H2. The van der Waals surface area contributed by atoms with E-state index in [1.807, 2.05) is 66.7 Å². The molecule has 0 saturated carbocycles. The van der Waals surface area contributed by atoms with Crippen molar-refractivity contribution in [3.05, 3.63) is 85.3 Å². The van der Waals surface area contributed by atoms with E-state index in [2.05, 4.69) is 21.4 Å². The van der Waals surface area contributed by atoms with E-state index in [-0.39, 0.29) is 0 Å². The monoisotopic (exact) mass is 403 g/mol. The van der Waals surface area contributed by atoms with Gasteiger partial charge in [-0.1, -0.05) is 29.5 Å². The van der Waals surface area contributed by atoms with Crippen LogP contribution in [0.3, 0.4) is 0 Å². The van der Waals surface area contributed by atoms with Crippen LogP contribution >= 0.6 is 11.3 Å². The smallest absolute Gasteiger partial charge is 0.219 e. The Bertz CT molecular complexity index is 1020. The molecule has 0 amide bonds. The Balaban J connectivity index is 0.000000294. The maximum absolute atomic E-state index is 5.68. The molecule has 2 aromatic heterocycles. The van der Waals surface area contributed by atoms with Gasteiger partial charge in [0, 0.05) is 18.0 Å². The first kappa shape index (κ1) is 19.0. The number of allylic oxidation sites excluding steroid dienone is 1. The molecule has 1 aliphatic heterocycles. The second-order valence-electron chi connectivity index (χ2n) is 6.29. The average molecular weight is 404 g/mol. The molecule has 0 bridgehead atoms. The highest BCUT2D eigenvalue weighted by Gasteiger charge is 2.04. The molecule has 0 unspecified atom stereocenters. The molecule has 4 aromatic rings. The summed E-state index contributed by atoms with van der Waals surface area (Å²) in [5.41, 5.74) is 1.98. The summed E-state index contributed by atoms with van der Waals surface area (Å²) in [7, 11) is 0. The van der Waals surface area contributed by atoms with Gasteiger partial charge in [0.25, 0.3) is 0 Å². The predicted octanol–water partition coefficient (Wildman–Crippen LogP) is 6.54. The van der Waals surface area contributed by atoms with Crippen molar-refractivity contribution < 1.29 is 9.47 Å². The zero-order chi connectivity index (χ0) is 19.7. The number of para-hydroxylation sites is 1. The summed E-state index contributed by atoms with van der Waals surface area (Å²) >= 11 is 1.64. The number of pyridine rings is 1. The third-order valence-corrected chi connectivity index (χ3v) is 5.04. The third-order valence-electron chi connectivity index (χ3n) is 4.09. The highest BCUT2D eigenvalue weighted by Crippen LogP contribution is 2.29. The summed E-state index contributed by atoms with van der Waals surface area (Å²) in [6.07, 6.45) is 7.90. The van der Waals surface area contributed by atoms with Crippen LogP contribution < -0.4 is 10.1 Å². The molecule has 2 aromatic carbocycles. The van der Waals surface area contributed by atoms with Crippen LogP contribution in [0, 0.1) is 0 Å². The Morgan fingerprint density at radius 3 is 2.48 bits per heavy atom. The van der Waals surface area contributed by atoms with E-state index >= 15 is 0 Å². The lowest BCUT2D eigenvalue weighted by Crippen LogP contribution is -1.90. The summed E-state index contributed by atoms with van der Waals surface area (Å²) in [6, 6.07) is 21.4. The van der Waals surface area contributed by atoms with E-state index in [0.29, 0.717) is 5.88 Å². The van der Waals surface area contributed by atoms with Crippen molar-refractivity contribution in [1.82, 2.24) is 9.97 Å². The zero-order valence-corrected chi connectivity index (χ0v) is 16.6. The number of nitrogens with one attached hydrogen (secondary N) is 1. The van der Waals surface area contributed by atoms with Crippen molar-refractivity contribution >= 4 is 32.4 Å². The van der Waals surface area contributed by atoms with Crippen LogP contribution in [0.1, 0.15) is 12.8 Å². The Hall–Kier alpha value is -3.38. The average Bonchev–Trinajstić information content (AvgIpc) is 3.20. The van der Waals surface area contributed by atoms with Crippen molar-refractivity contribution in [3.63, 3.8) is 0 Å². The van der Waals surface area contributed by atoms with Gasteiger partial charge in [0.15, 0.2) is 5.13 Å². The zero-order valence-electron chi connectivity index (χ0n) is 15.8. The number of ether oxygens (including phenoxy) is 2. The highest BCUT2D eigenvalue weighted by molar-refractivity contribution is 7.22. The number of hydrogen-bond acceptors (Lipinski definition) is 6. The summed E-state index contributed by atoms with van der Waals surface area (Å²) in [4.78, 5) is 8.71. The molecule has 5 nitrogen and oxygen atoms in total. The second-order valence-corrected chi connectivity index (χ2v) is 7.32. The van der Waals surface area contributed by atoms with Gasteiger partial charge >= 0.3 is 0 Å². The van der Waals surface area contributed by atoms with Gasteiger partial charge in [-0.15, -0.1) is 0 Å². The minimum absolute atomic E-state index is 0.583. The quantitative estimate of drug-likeness (QED) is 0.419. The SMILES string of the molecule is C1=COCCC1.c1ccc(Oc2ccc(Nc3nc4ccccc4s3)cc2)nc1. The molecule has 0 aliphatic carbocycles. The van der Waals surface area contributed by atoms with Crippen LogP contribution in [0.25, 0.3) is 10.2 Å². The van der Waals surface area contributed by atoms with Gasteiger partial charge in [0.1, 0.15) is 5.75 Å². The van der Waals surface area contributed by atoms with Crippen molar-refractivity contribution in [3.8, 4) is 11.6 Å². The number of aromatic nitrogens is 2. The van der Waals surface area contributed by atoms with E-state index in [9.17, 15) is 0 Å². The number of hydrogen-bond donors (Lipinski definition) is 1. The lowest BCUT2D eigenvalue weighted by atomic mass is 10.3. The minimum Gasteiger partial charge on any atom is -0.502 e. The topological polar surface area (TPSA) is 56.3 Å². The van der Waals surface area contributed by atoms with Crippen LogP contribution in [0.4, 0.5) is 10.8 Å². The van der Waals surface area contributed by atoms with Crippen molar-refractivity contribution in [2.45, 2.75) is 12.8 Å². The normalized spacial score (nSPS) is 12.6. The van der Waals surface area contributed by atoms with Crippen LogP contribution in [-0.2, 0) is 4.74 Å². The maximum atomic E-state index is 5.68. The molecule has 0 spiro atoms. The molecule has 5 rings (SSSR count). The van der Waals surface area contributed by atoms with Gasteiger partial charge in [-0.3, -0.25) is 0 Å². The van der Waals surface area contributed by atoms with E-state index < -0.39 is 0 Å². The lowest BCUT2D eigenvalue weighted by Gasteiger charge is -2.06. The Morgan fingerprint density at radius 1 is 0.966 bits per heavy atom. The van der Waals surface area contributed by atoms with Crippen LogP contribution in [0.2, 0.25) is 0 Å². The molecule has 0 radical (unpaired) electrons. The molecule has 29 heavy (non-hydrogen) atoms. The maximum Gasteiger partial charge on any atom is 0.219 e. The predicted molar refractivity (Wildman–Crippen MR) is 118 cm³/mol. The van der Waals surface area contributed by atoms with Gasteiger partial charge in [-0.2, -0.15) is 0 Å². The Labute approximate surface area is 173 Å². The Morgan fingerprint density at radius 2 is 1.83 bits per heavy atom. The third kappa shape index (κ3) is 5.56. The fourth-order valence-corrected chi connectivity index (χ4v) is 3.56. The number of thiazole rings is 1. The van der Waals surface area contributed by atoms with E-state index in [4.69, 9.17) is 9.47 Å². The summed E-state index contributed by atoms with van der Waals surface area (Å²) < 4.78 is 11.7. The first-order chi connectivity index (χ1) is 14.4. The van der Waals surface area contributed by atoms with E-state index in [1.165, 1.54) is 17.5 Å².